The molecule has 1 fully saturated rings. The van der Waals surface area contributed by atoms with Crippen LogP contribution >= 0.6 is 11.6 Å². The molecular formula is C13H19ClFN3O. The van der Waals surface area contributed by atoms with Crippen molar-refractivity contribution in [1.82, 2.24) is 0 Å². The molecule has 4 nitrogen and oxygen atoms in total. The van der Waals surface area contributed by atoms with Crippen LogP contribution in [0.1, 0.15) is 19.3 Å². The number of nitrogens with two attached hydrogens (primary N) is 2. The predicted molar refractivity (Wildman–Crippen MR) is 76.9 cm³/mol. The largest absolute Gasteiger partial charge is 0.397 e. The number of nitrogen functional groups attached to an aromatic ring is 2. The Morgan fingerprint density at radius 2 is 2.11 bits per heavy atom. The molecule has 6 heteroatoms. The van der Waals surface area contributed by atoms with Gasteiger partial charge in [0.1, 0.15) is 5.02 Å². The lowest BCUT2D eigenvalue weighted by Crippen LogP contribution is -2.10. The Morgan fingerprint density at radius 1 is 1.37 bits per heavy atom. The van der Waals surface area contributed by atoms with Gasteiger partial charge in [-0.25, -0.2) is 4.39 Å². The molecule has 106 valence electrons. The number of halogens is 2. The normalized spacial score (nSPS) is 14.6. The summed E-state index contributed by atoms with van der Waals surface area (Å²) in [7, 11) is 0. The van der Waals surface area contributed by atoms with Crippen LogP contribution in [-0.4, -0.2) is 19.8 Å². The summed E-state index contributed by atoms with van der Waals surface area (Å²) in [5, 5.41) is 2.84. The van der Waals surface area contributed by atoms with E-state index in [0.29, 0.717) is 13.2 Å². The first-order valence-electron chi connectivity index (χ1n) is 6.44. The van der Waals surface area contributed by atoms with Gasteiger partial charge >= 0.3 is 0 Å². The van der Waals surface area contributed by atoms with E-state index in [2.05, 4.69) is 5.32 Å². The van der Waals surface area contributed by atoms with Gasteiger partial charge in [0.05, 0.1) is 17.1 Å². The molecule has 19 heavy (non-hydrogen) atoms. The zero-order valence-corrected chi connectivity index (χ0v) is 11.5. The summed E-state index contributed by atoms with van der Waals surface area (Å²) in [6.07, 6.45) is 3.35. The summed E-state index contributed by atoms with van der Waals surface area (Å²) in [6.45, 7) is 2.07. The monoisotopic (exact) mass is 287 g/mol. The average Bonchev–Trinajstić information content (AvgIpc) is 3.18. The first-order chi connectivity index (χ1) is 9.09. The summed E-state index contributed by atoms with van der Waals surface area (Å²) in [5.74, 6) is 0.162. The molecule has 1 saturated carbocycles. The van der Waals surface area contributed by atoms with E-state index in [4.69, 9.17) is 27.8 Å². The van der Waals surface area contributed by atoms with Gasteiger partial charge in [0.15, 0.2) is 5.82 Å². The van der Waals surface area contributed by atoms with Crippen molar-refractivity contribution < 1.29 is 9.13 Å². The van der Waals surface area contributed by atoms with Crippen LogP contribution < -0.4 is 16.8 Å². The fraction of sp³-hybridized carbons (Fsp3) is 0.538. The molecule has 0 unspecified atom stereocenters. The first kappa shape index (κ1) is 14.2. The number of ether oxygens (including phenoxy) is 1. The van der Waals surface area contributed by atoms with Crippen LogP contribution in [0.4, 0.5) is 21.5 Å². The fourth-order valence-corrected chi connectivity index (χ4v) is 1.92. The Bertz CT molecular complexity index is 452. The second-order valence-electron chi connectivity index (χ2n) is 4.86. The van der Waals surface area contributed by atoms with Gasteiger partial charge in [-0.05, 0) is 31.2 Å². The maximum atomic E-state index is 13.8. The van der Waals surface area contributed by atoms with Crippen molar-refractivity contribution in [3.63, 3.8) is 0 Å². The molecular weight excluding hydrogens is 269 g/mol. The number of benzene rings is 1. The molecule has 2 rings (SSSR count). The van der Waals surface area contributed by atoms with Gasteiger partial charge in [0.2, 0.25) is 0 Å². The molecule has 0 aromatic heterocycles. The summed E-state index contributed by atoms with van der Waals surface area (Å²) in [4.78, 5) is 0. The van der Waals surface area contributed by atoms with E-state index in [1.807, 2.05) is 0 Å². The topological polar surface area (TPSA) is 73.3 Å². The van der Waals surface area contributed by atoms with Crippen molar-refractivity contribution in [3.8, 4) is 0 Å². The number of hydrogen-bond acceptors (Lipinski definition) is 4. The lowest BCUT2D eigenvalue weighted by molar-refractivity contribution is 0.124. The van der Waals surface area contributed by atoms with E-state index in [1.54, 1.807) is 0 Å². The molecule has 0 radical (unpaired) electrons. The minimum Gasteiger partial charge on any atom is -0.397 e. The maximum Gasteiger partial charge on any atom is 0.169 e. The molecule has 1 aromatic carbocycles. The first-order valence-corrected chi connectivity index (χ1v) is 6.82. The molecule has 1 aromatic rings. The highest BCUT2D eigenvalue weighted by atomic mass is 35.5. The molecule has 0 atom stereocenters. The molecule has 1 aliphatic rings. The zero-order valence-electron chi connectivity index (χ0n) is 10.7. The maximum absolute atomic E-state index is 13.8. The third-order valence-corrected chi connectivity index (χ3v) is 3.47. The Labute approximate surface area is 117 Å². The molecule has 0 amide bonds. The van der Waals surface area contributed by atoms with Crippen LogP contribution in [0.25, 0.3) is 0 Å². The second-order valence-corrected chi connectivity index (χ2v) is 5.23. The number of nitrogens with one attached hydrogen (secondary N) is 1. The standard InChI is InChI=1S/C13H19ClFN3O/c14-11-9(16)6-10(17)13(12(11)15)18-4-1-5-19-7-8-2-3-8/h6,8,18H,1-5,7,16-17H2. The summed E-state index contributed by atoms with van der Waals surface area (Å²) >= 11 is 5.74. The molecule has 0 heterocycles. The highest BCUT2D eigenvalue weighted by molar-refractivity contribution is 6.33. The van der Waals surface area contributed by atoms with E-state index < -0.39 is 5.82 Å². The smallest absolute Gasteiger partial charge is 0.169 e. The van der Waals surface area contributed by atoms with Gasteiger partial charge in [0.25, 0.3) is 0 Å². The number of anilines is 3. The van der Waals surface area contributed by atoms with Crippen molar-refractivity contribution in [3.05, 3.63) is 16.9 Å². The van der Waals surface area contributed by atoms with Crippen LogP contribution in [0.15, 0.2) is 6.07 Å². The van der Waals surface area contributed by atoms with Gasteiger partial charge in [-0.15, -0.1) is 0 Å². The average molecular weight is 288 g/mol. The lowest BCUT2D eigenvalue weighted by atomic mass is 10.2. The second kappa shape index (κ2) is 6.30. The van der Waals surface area contributed by atoms with Crippen LogP contribution in [-0.2, 0) is 4.74 Å². The van der Waals surface area contributed by atoms with Crippen molar-refractivity contribution in [2.24, 2.45) is 5.92 Å². The van der Waals surface area contributed by atoms with Gasteiger partial charge in [-0.3, -0.25) is 0 Å². The third kappa shape index (κ3) is 3.88. The van der Waals surface area contributed by atoms with E-state index >= 15 is 0 Å². The molecule has 0 spiro atoms. The Hall–Kier alpha value is -1.20. The van der Waals surface area contributed by atoms with Crippen molar-refractivity contribution >= 4 is 28.7 Å². The molecule has 0 bridgehead atoms. The highest BCUT2D eigenvalue weighted by Crippen LogP contribution is 2.33. The van der Waals surface area contributed by atoms with Gasteiger partial charge in [-0.2, -0.15) is 0 Å². The Morgan fingerprint density at radius 3 is 2.79 bits per heavy atom. The predicted octanol–water partition coefficient (Wildman–Crippen LogP) is 2.87. The number of rotatable bonds is 7. The minimum absolute atomic E-state index is 0.0957. The zero-order chi connectivity index (χ0) is 13.8. The molecule has 5 N–H and O–H groups in total. The van der Waals surface area contributed by atoms with Crippen LogP contribution in [0.5, 0.6) is 0 Å². The van der Waals surface area contributed by atoms with Gasteiger partial charge in [-0.1, -0.05) is 11.6 Å². The molecule has 0 saturated heterocycles. The third-order valence-electron chi connectivity index (χ3n) is 3.08. The van der Waals surface area contributed by atoms with E-state index in [1.165, 1.54) is 18.9 Å². The van der Waals surface area contributed by atoms with E-state index in [0.717, 1.165) is 18.9 Å². The van der Waals surface area contributed by atoms with E-state index in [-0.39, 0.29) is 22.1 Å². The quantitative estimate of drug-likeness (QED) is 0.532. The van der Waals surface area contributed by atoms with E-state index in [9.17, 15) is 4.39 Å². The Kier molecular flexibility index (Phi) is 4.71. The van der Waals surface area contributed by atoms with Crippen molar-refractivity contribution in [1.29, 1.82) is 0 Å². The molecule has 0 aliphatic heterocycles. The summed E-state index contributed by atoms with van der Waals surface area (Å²) in [6, 6.07) is 1.46. The van der Waals surface area contributed by atoms with Gasteiger partial charge in [0, 0.05) is 19.8 Å². The number of hydrogen-bond donors (Lipinski definition) is 3. The lowest BCUT2D eigenvalue weighted by Gasteiger charge is -2.13. The van der Waals surface area contributed by atoms with Crippen molar-refractivity contribution in [2.45, 2.75) is 19.3 Å². The van der Waals surface area contributed by atoms with Crippen LogP contribution in [0, 0.1) is 11.7 Å². The minimum atomic E-state index is -0.599. The van der Waals surface area contributed by atoms with Crippen LogP contribution in [0.2, 0.25) is 5.02 Å². The van der Waals surface area contributed by atoms with Gasteiger partial charge < -0.3 is 21.5 Å². The SMILES string of the molecule is Nc1cc(N)c(NCCCOCC2CC2)c(F)c1Cl. The summed E-state index contributed by atoms with van der Waals surface area (Å²) < 4.78 is 19.3. The van der Waals surface area contributed by atoms with Crippen molar-refractivity contribution in [2.75, 3.05) is 36.5 Å². The fourth-order valence-electron chi connectivity index (χ4n) is 1.77. The van der Waals surface area contributed by atoms with Crippen LogP contribution in [0.3, 0.4) is 0 Å². The molecule has 1 aliphatic carbocycles. The highest BCUT2D eigenvalue weighted by Gasteiger charge is 2.20. The Balaban J connectivity index is 1.76. The summed E-state index contributed by atoms with van der Waals surface area (Å²) in [5.41, 5.74) is 11.8.